The van der Waals surface area contributed by atoms with Crippen molar-refractivity contribution in [1.82, 2.24) is 0 Å². The highest BCUT2D eigenvalue weighted by molar-refractivity contribution is 5.92. The van der Waals surface area contributed by atoms with Crippen LogP contribution in [0.4, 0.5) is 0 Å². The van der Waals surface area contributed by atoms with Crippen molar-refractivity contribution >= 4 is 5.78 Å². The summed E-state index contributed by atoms with van der Waals surface area (Å²) >= 11 is 0. The highest BCUT2D eigenvalue weighted by Crippen LogP contribution is 2.02. The van der Waals surface area contributed by atoms with Gasteiger partial charge in [0.25, 0.3) is 0 Å². The van der Waals surface area contributed by atoms with Gasteiger partial charge in [-0.15, -0.1) is 0 Å². The van der Waals surface area contributed by atoms with Crippen LogP contribution in [0.1, 0.15) is 6.42 Å². The third-order valence-corrected chi connectivity index (χ3v) is 1.60. The van der Waals surface area contributed by atoms with Gasteiger partial charge in [-0.25, -0.2) is 0 Å². The fraction of sp³-hybridized carbons (Fsp3) is 0.0833. The molecule has 1 aromatic carbocycles. The van der Waals surface area contributed by atoms with E-state index in [0.717, 1.165) is 0 Å². The van der Waals surface area contributed by atoms with Crippen LogP contribution in [0, 0.1) is 0 Å². The third kappa shape index (κ3) is 4.26. The zero-order valence-electron chi connectivity index (χ0n) is 7.76. The van der Waals surface area contributed by atoms with Crippen LogP contribution in [0.15, 0.2) is 54.6 Å². The zero-order valence-corrected chi connectivity index (χ0v) is 7.76. The van der Waals surface area contributed by atoms with E-state index in [1.54, 1.807) is 36.4 Å². The number of hydrogen-bond acceptors (Lipinski definition) is 2. The van der Waals surface area contributed by atoms with E-state index in [9.17, 15) is 4.79 Å². The fourth-order valence-electron chi connectivity index (χ4n) is 0.922. The van der Waals surface area contributed by atoms with Crippen molar-refractivity contribution in [2.24, 2.45) is 0 Å². The normalized spacial score (nSPS) is 13.3. The Morgan fingerprint density at radius 1 is 1.07 bits per heavy atom. The van der Waals surface area contributed by atoms with Crippen molar-refractivity contribution < 1.29 is 9.90 Å². The number of allylic oxidation sites excluding steroid dienone is 4. The molecule has 0 atom stereocenters. The molecule has 0 unspecified atom stereocenters. The number of carbonyl (C=O) groups excluding carboxylic acids is 1. The Morgan fingerprint density at radius 3 is 2.07 bits per heavy atom. The van der Waals surface area contributed by atoms with Crippen molar-refractivity contribution in [1.29, 1.82) is 0 Å². The highest BCUT2D eigenvalue weighted by Gasteiger charge is 1.92. The van der Waals surface area contributed by atoms with Gasteiger partial charge in [-0.2, -0.15) is 0 Å². The van der Waals surface area contributed by atoms with Gasteiger partial charge in [0.1, 0.15) is 5.75 Å². The second-order valence-corrected chi connectivity index (χ2v) is 2.79. The van der Waals surface area contributed by atoms with Gasteiger partial charge in [0, 0.05) is 6.42 Å². The first-order valence-corrected chi connectivity index (χ1v) is 4.39. The number of para-hydroxylation sites is 1. The van der Waals surface area contributed by atoms with Crippen LogP contribution in [0.3, 0.4) is 0 Å². The number of ketones is 1. The molecule has 0 aromatic heterocycles. The molecular weight excluding hydrogens is 176 g/mol. The number of aromatic hydroxyl groups is 1. The van der Waals surface area contributed by atoms with E-state index in [1.807, 2.05) is 18.2 Å². The number of hydrogen-bond donors (Lipinski definition) is 1. The molecule has 2 nitrogen and oxygen atoms in total. The predicted octanol–water partition coefficient (Wildman–Crippen LogP) is 2.46. The maximum absolute atomic E-state index is 10.3. The number of phenols is 1. The highest BCUT2D eigenvalue weighted by atomic mass is 16.3. The molecule has 1 aliphatic rings. The van der Waals surface area contributed by atoms with Crippen molar-refractivity contribution in [3.8, 4) is 5.75 Å². The molecule has 72 valence electrons. The summed E-state index contributed by atoms with van der Waals surface area (Å²) in [6.45, 7) is 0. The van der Waals surface area contributed by atoms with E-state index in [1.165, 1.54) is 0 Å². The van der Waals surface area contributed by atoms with Gasteiger partial charge in [0.2, 0.25) is 0 Å². The quantitative estimate of drug-likeness (QED) is 0.679. The Kier molecular flexibility index (Phi) is 4.21. The summed E-state index contributed by atoms with van der Waals surface area (Å²) in [5.74, 6) is 0.519. The molecule has 0 bridgehead atoms. The standard InChI is InChI=1S/2C6H6O/c2*7-6-4-2-1-3-5-6/h1-4H,5H2;1-5,7H. The first kappa shape index (κ1) is 10.3. The predicted molar refractivity (Wildman–Crippen MR) is 56.0 cm³/mol. The summed E-state index contributed by atoms with van der Waals surface area (Å²) in [5, 5.41) is 8.63. The number of phenolic OH excluding ortho intramolecular Hbond substituents is 1. The Morgan fingerprint density at radius 2 is 1.79 bits per heavy atom. The second kappa shape index (κ2) is 5.75. The van der Waals surface area contributed by atoms with Crippen LogP contribution in [0.5, 0.6) is 5.75 Å². The lowest BCUT2D eigenvalue weighted by molar-refractivity contribution is -0.113. The molecule has 0 saturated heterocycles. The number of rotatable bonds is 0. The SMILES string of the molecule is O=C1C=CC=CC1.Oc1ccccc1. The Bertz CT molecular complexity index is 337. The van der Waals surface area contributed by atoms with Crippen LogP contribution >= 0.6 is 0 Å². The number of benzene rings is 1. The molecule has 0 heterocycles. The van der Waals surface area contributed by atoms with Gasteiger partial charge in [-0.3, -0.25) is 4.79 Å². The summed E-state index contributed by atoms with van der Waals surface area (Å²) in [6, 6.07) is 8.71. The molecule has 2 rings (SSSR count). The van der Waals surface area contributed by atoms with Crippen LogP contribution in [0.2, 0.25) is 0 Å². The molecule has 2 heteroatoms. The first-order valence-electron chi connectivity index (χ1n) is 4.39. The monoisotopic (exact) mass is 188 g/mol. The Labute approximate surface area is 83.2 Å². The largest absolute Gasteiger partial charge is 0.508 e. The molecule has 0 radical (unpaired) electrons. The first-order chi connectivity index (χ1) is 6.79. The molecule has 0 saturated carbocycles. The molecular formula is C12H12O2. The van der Waals surface area contributed by atoms with Gasteiger partial charge in [-0.1, -0.05) is 36.4 Å². The van der Waals surface area contributed by atoms with E-state index >= 15 is 0 Å². The molecule has 0 aliphatic heterocycles. The summed E-state index contributed by atoms with van der Waals surface area (Å²) in [5.41, 5.74) is 0. The molecule has 1 aromatic rings. The minimum absolute atomic E-state index is 0.197. The van der Waals surface area contributed by atoms with Crippen molar-refractivity contribution in [2.75, 3.05) is 0 Å². The van der Waals surface area contributed by atoms with Crippen LogP contribution in [0.25, 0.3) is 0 Å². The van der Waals surface area contributed by atoms with Gasteiger partial charge in [0.15, 0.2) is 5.78 Å². The van der Waals surface area contributed by atoms with E-state index < -0.39 is 0 Å². The van der Waals surface area contributed by atoms with Gasteiger partial charge >= 0.3 is 0 Å². The molecule has 0 spiro atoms. The zero-order chi connectivity index (χ0) is 10.2. The summed E-state index contributed by atoms with van der Waals surface area (Å²) in [7, 11) is 0. The van der Waals surface area contributed by atoms with E-state index in [2.05, 4.69) is 0 Å². The smallest absolute Gasteiger partial charge is 0.159 e. The van der Waals surface area contributed by atoms with Crippen LogP contribution in [-0.4, -0.2) is 10.9 Å². The molecule has 1 aliphatic carbocycles. The maximum atomic E-state index is 10.3. The van der Waals surface area contributed by atoms with Gasteiger partial charge in [0.05, 0.1) is 0 Å². The second-order valence-electron chi connectivity index (χ2n) is 2.79. The summed E-state index contributed by atoms with van der Waals surface area (Å²) in [6.07, 6.45) is 7.64. The average molecular weight is 188 g/mol. The van der Waals surface area contributed by atoms with E-state index in [0.29, 0.717) is 12.2 Å². The third-order valence-electron chi connectivity index (χ3n) is 1.60. The maximum Gasteiger partial charge on any atom is 0.159 e. The number of carbonyl (C=O) groups is 1. The van der Waals surface area contributed by atoms with Gasteiger partial charge in [-0.05, 0) is 18.2 Å². The average Bonchev–Trinajstić information content (AvgIpc) is 2.21. The summed E-state index contributed by atoms with van der Waals surface area (Å²) < 4.78 is 0. The molecule has 0 fully saturated rings. The Hall–Kier alpha value is -1.83. The van der Waals surface area contributed by atoms with Crippen molar-refractivity contribution in [3.63, 3.8) is 0 Å². The minimum atomic E-state index is 0.197. The minimum Gasteiger partial charge on any atom is -0.508 e. The Balaban J connectivity index is 0.000000140. The van der Waals surface area contributed by atoms with E-state index in [4.69, 9.17) is 5.11 Å². The van der Waals surface area contributed by atoms with E-state index in [-0.39, 0.29) is 5.78 Å². The lowest BCUT2D eigenvalue weighted by atomic mass is 10.2. The lowest BCUT2D eigenvalue weighted by Gasteiger charge is -1.88. The van der Waals surface area contributed by atoms with Crippen molar-refractivity contribution in [2.45, 2.75) is 6.42 Å². The molecule has 14 heavy (non-hydrogen) atoms. The van der Waals surface area contributed by atoms with Crippen LogP contribution in [-0.2, 0) is 4.79 Å². The van der Waals surface area contributed by atoms with Crippen molar-refractivity contribution in [3.05, 3.63) is 54.6 Å². The van der Waals surface area contributed by atoms with Gasteiger partial charge < -0.3 is 5.11 Å². The fourth-order valence-corrected chi connectivity index (χ4v) is 0.922. The molecule has 1 N–H and O–H groups in total. The summed E-state index contributed by atoms with van der Waals surface area (Å²) in [4.78, 5) is 10.3. The van der Waals surface area contributed by atoms with Crippen LogP contribution < -0.4 is 0 Å². The molecule has 0 amide bonds. The lowest BCUT2D eigenvalue weighted by Crippen LogP contribution is -1.90. The topological polar surface area (TPSA) is 37.3 Å².